The van der Waals surface area contributed by atoms with Crippen molar-refractivity contribution in [2.24, 2.45) is 4.99 Å². The van der Waals surface area contributed by atoms with Gasteiger partial charge in [-0.3, -0.25) is 4.79 Å². The molecule has 1 heterocycles. The molecule has 120 valence electrons. The third-order valence-corrected chi connectivity index (χ3v) is 3.89. The van der Waals surface area contributed by atoms with Crippen LogP contribution in [0.15, 0.2) is 40.2 Å². The number of nitrogens with one attached hydrogen (secondary N) is 1. The summed E-state index contributed by atoms with van der Waals surface area (Å²) in [5, 5.41) is 3.29. The van der Waals surface area contributed by atoms with Crippen molar-refractivity contribution in [3.05, 3.63) is 35.2 Å². The predicted molar refractivity (Wildman–Crippen MR) is 86.8 cm³/mol. The smallest absolute Gasteiger partial charge is 0.159 e. The predicted octanol–water partition coefficient (Wildman–Crippen LogP) is 2.16. The highest BCUT2D eigenvalue weighted by molar-refractivity contribution is 5.96. The van der Waals surface area contributed by atoms with Gasteiger partial charge in [-0.1, -0.05) is 6.08 Å². The van der Waals surface area contributed by atoms with Crippen molar-refractivity contribution in [3.63, 3.8) is 0 Å². The third kappa shape index (κ3) is 4.15. The molecule has 22 heavy (non-hydrogen) atoms. The molecular weight excluding hydrogens is 280 g/mol. The minimum absolute atomic E-state index is 0.0518. The van der Waals surface area contributed by atoms with Crippen LogP contribution in [-0.2, 0) is 14.3 Å². The lowest BCUT2D eigenvalue weighted by atomic mass is 9.91. The molecule has 0 spiro atoms. The highest BCUT2D eigenvalue weighted by atomic mass is 16.6. The Bertz CT molecular complexity index is 530. The number of allylic oxidation sites excluding steroid dienone is 3. The number of carbonyl (C=O) groups excluding carboxylic acids is 1. The SMILES string of the molecule is C=N/C(=C/C)NC(C)C1=CC(C(C)=O)=CC(OC2COC2)C1. The molecule has 1 aliphatic heterocycles. The number of hydrogen-bond donors (Lipinski definition) is 1. The van der Waals surface area contributed by atoms with Crippen LogP contribution in [0.3, 0.4) is 0 Å². The maximum absolute atomic E-state index is 11.8. The van der Waals surface area contributed by atoms with Gasteiger partial charge < -0.3 is 14.8 Å². The minimum atomic E-state index is -0.0807. The second-order valence-electron chi connectivity index (χ2n) is 5.63. The Morgan fingerprint density at radius 3 is 2.82 bits per heavy atom. The fraction of sp³-hybridized carbons (Fsp3) is 0.529. The van der Waals surface area contributed by atoms with E-state index in [1.165, 1.54) is 0 Å². The Labute approximate surface area is 131 Å². The molecule has 2 aliphatic rings. The van der Waals surface area contributed by atoms with Crippen LogP contribution in [0.25, 0.3) is 0 Å². The van der Waals surface area contributed by atoms with Gasteiger partial charge in [0.2, 0.25) is 0 Å². The first-order valence-electron chi connectivity index (χ1n) is 7.59. The second-order valence-corrected chi connectivity index (χ2v) is 5.63. The molecule has 1 saturated heterocycles. The summed E-state index contributed by atoms with van der Waals surface area (Å²) in [4.78, 5) is 15.7. The summed E-state index contributed by atoms with van der Waals surface area (Å²) in [6.07, 6.45) is 6.55. The first-order valence-corrected chi connectivity index (χ1v) is 7.59. The van der Waals surface area contributed by atoms with Crippen LogP contribution in [0.4, 0.5) is 0 Å². The average Bonchev–Trinajstić information content (AvgIpc) is 2.47. The van der Waals surface area contributed by atoms with Gasteiger partial charge in [0.1, 0.15) is 11.9 Å². The molecule has 0 saturated carbocycles. The Hall–Kier alpha value is -1.72. The number of ether oxygens (including phenoxy) is 2. The van der Waals surface area contributed by atoms with Crippen LogP contribution >= 0.6 is 0 Å². The van der Waals surface area contributed by atoms with Crippen molar-refractivity contribution < 1.29 is 14.3 Å². The molecule has 5 heteroatoms. The number of ketones is 1. The van der Waals surface area contributed by atoms with E-state index in [1.54, 1.807) is 6.92 Å². The van der Waals surface area contributed by atoms with Crippen LogP contribution < -0.4 is 5.32 Å². The van der Waals surface area contributed by atoms with Gasteiger partial charge in [-0.05, 0) is 45.2 Å². The Morgan fingerprint density at radius 2 is 2.32 bits per heavy atom. The van der Waals surface area contributed by atoms with E-state index < -0.39 is 0 Å². The van der Waals surface area contributed by atoms with E-state index in [0.717, 1.165) is 17.8 Å². The van der Waals surface area contributed by atoms with Crippen LogP contribution in [-0.4, -0.2) is 44.0 Å². The van der Waals surface area contributed by atoms with E-state index in [-0.39, 0.29) is 24.0 Å². The Kier molecular flexibility index (Phi) is 5.69. The second kappa shape index (κ2) is 7.51. The zero-order valence-electron chi connectivity index (χ0n) is 13.5. The molecule has 0 aromatic heterocycles. The summed E-state index contributed by atoms with van der Waals surface area (Å²) in [5.41, 5.74) is 1.83. The number of aliphatic imine (C=N–C) groups is 1. The molecule has 0 aromatic carbocycles. The molecule has 2 atom stereocenters. The van der Waals surface area contributed by atoms with Crippen molar-refractivity contribution in [2.45, 2.75) is 45.4 Å². The standard InChI is InChI=1S/C17H24N2O3/c1-5-17(18-4)19-11(2)13-6-14(12(3)20)8-15(7-13)22-16-9-21-10-16/h5-6,8,11,15-16,19H,4,7,9-10H2,1-3H3/b17-5-. The van der Waals surface area contributed by atoms with E-state index >= 15 is 0 Å². The number of carbonyl (C=O) groups is 1. The van der Waals surface area contributed by atoms with Gasteiger partial charge in [0, 0.05) is 18.0 Å². The molecule has 2 rings (SSSR count). The van der Waals surface area contributed by atoms with Crippen molar-refractivity contribution >= 4 is 12.5 Å². The van der Waals surface area contributed by atoms with Crippen molar-refractivity contribution in [1.29, 1.82) is 0 Å². The molecule has 0 radical (unpaired) electrons. The normalized spacial score (nSPS) is 24.0. The summed E-state index contributed by atoms with van der Waals surface area (Å²) in [5.74, 6) is 0.785. The molecule has 5 nitrogen and oxygen atoms in total. The van der Waals surface area contributed by atoms with Gasteiger partial charge in [-0.25, -0.2) is 4.99 Å². The molecule has 1 fully saturated rings. The van der Waals surface area contributed by atoms with Crippen LogP contribution in [0.5, 0.6) is 0 Å². The lowest BCUT2D eigenvalue weighted by Gasteiger charge is -2.32. The molecule has 0 aromatic rings. The van der Waals surface area contributed by atoms with Gasteiger partial charge in [0.15, 0.2) is 5.78 Å². The first-order chi connectivity index (χ1) is 10.5. The van der Waals surface area contributed by atoms with E-state index in [1.807, 2.05) is 32.1 Å². The number of nitrogens with zero attached hydrogens (tertiary/aromatic N) is 1. The quantitative estimate of drug-likeness (QED) is 0.732. The van der Waals surface area contributed by atoms with E-state index in [2.05, 4.69) is 17.0 Å². The largest absolute Gasteiger partial charge is 0.376 e. The van der Waals surface area contributed by atoms with Gasteiger partial charge in [-0.2, -0.15) is 0 Å². The van der Waals surface area contributed by atoms with Gasteiger partial charge in [0.25, 0.3) is 0 Å². The summed E-state index contributed by atoms with van der Waals surface area (Å²) in [6.45, 7) is 10.3. The van der Waals surface area contributed by atoms with Crippen molar-refractivity contribution in [3.8, 4) is 0 Å². The maximum atomic E-state index is 11.8. The number of rotatable bonds is 7. The summed E-state index contributed by atoms with van der Waals surface area (Å²) < 4.78 is 11.1. The number of Topliss-reactive ketones (excluding diaryl/α,β-unsaturated/α-hetero) is 1. The average molecular weight is 304 g/mol. The van der Waals surface area contributed by atoms with Crippen LogP contribution in [0, 0.1) is 0 Å². The van der Waals surface area contributed by atoms with Crippen molar-refractivity contribution in [2.75, 3.05) is 13.2 Å². The van der Waals surface area contributed by atoms with E-state index in [4.69, 9.17) is 9.47 Å². The zero-order chi connectivity index (χ0) is 16.1. The fourth-order valence-corrected chi connectivity index (χ4v) is 2.48. The summed E-state index contributed by atoms with van der Waals surface area (Å²) >= 11 is 0. The first kappa shape index (κ1) is 16.6. The highest BCUT2D eigenvalue weighted by Gasteiger charge is 2.27. The van der Waals surface area contributed by atoms with Crippen LogP contribution in [0.1, 0.15) is 27.2 Å². The summed E-state index contributed by atoms with van der Waals surface area (Å²) in [6, 6.07) is 0.0588. The molecule has 1 aliphatic carbocycles. The fourth-order valence-electron chi connectivity index (χ4n) is 2.48. The Morgan fingerprint density at radius 1 is 1.59 bits per heavy atom. The van der Waals surface area contributed by atoms with Crippen molar-refractivity contribution in [1.82, 2.24) is 5.32 Å². The Balaban J connectivity index is 2.09. The lowest BCUT2D eigenvalue weighted by Crippen LogP contribution is -2.40. The van der Waals surface area contributed by atoms with E-state index in [9.17, 15) is 4.79 Å². The topological polar surface area (TPSA) is 59.9 Å². The zero-order valence-corrected chi connectivity index (χ0v) is 13.5. The lowest BCUT2D eigenvalue weighted by molar-refractivity contribution is -0.145. The van der Waals surface area contributed by atoms with Crippen LogP contribution in [0.2, 0.25) is 0 Å². The maximum Gasteiger partial charge on any atom is 0.159 e. The molecule has 2 unspecified atom stereocenters. The van der Waals surface area contributed by atoms with Gasteiger partial charge >= 0.3 is 0 Å². The summed E-state index contributed by atoms with van der Waals surface area (Å²) in [7, 11) is 0. The van der Waals surface area contributed by atoms with Gasteiger partial charge in [-0.15, -0.1) is 0 Å². The molecular formula is C17H24N2O3. The monoisotopic (exact) mass is 304 g/mol. The highest BCUT2D eigenvalue weighted by Crippen LogP contribution is 2.25. The third-order valence-electron chi connectivity index (χ3n) is 3.89. The minimum Gasteiger partial charge on any atom is -0.376 e. The van der Waals surface area contributed by atoms with Gasteiger partial charge in [0.05, 0.1) is 19.3 Å². The molecule has 0 bridgehead atoms. The molecule has 1 N–H and O–H groups in total. The molecule has 0 amide bonds. The number of hydrogen-bond acceptors (Lipinski definition) is 5. The van der Waals surface area contributed by atoms with E-state index in [0.29, 0.717) is 18.8 Å².